The molecular formula is C14H16N2O4S. The second kappa shape index (κ2) is 4.84. The monoisotopic (exact) mass is 308 g/mol. The Hall–Kier alpha value is -1.89. The fraction of sp³-hybridized carbons (Fsp3) is 0.429. The molecule has 112 valence electrons. The zero-order chi connectivity index (χ0) is 15.2. The number of rotatable bonds is 1. The first-order chi connectivity index (χ1) is 9.93. The largest absolute Gasteiger partial charge is 0.339 e. The Balaban J connectivity index is 1.99. The van der Waals surface area contributed by atoms with Gasteiger partial charge in [-0.3, -0.25) is 9.59 Å². The van der Waals surface area contributed by atoms with Gasteiger partial charge in [-0.2, -0.15) is 0 Å². The van der Waals surface area contributed by atoms with Crippen molar-refractivity contribution in [3.63, 3.8) is 0 Å². The molecule has 0 radical (unpaired) electrons. The van der Waals surface area contributed by atoms with Crippen LogP contribution >= 0.6 is 0 Å². The van der Waals surface area contributed by atoms with Crippen molar-refractivity contribution in [2.45, 2.75) is 24.2 Å². The van der Waals surface area contributed by atoms with Crippen LogP contribution in [0.25, 0.3) is 0 Å². The summed E-state index contributed by atoms with van der Waals surface area (Å²) in [6.45, 7) is 1.39. The van der Waals surface area contributed by atoms with E-state index in [1.807, 2.05) is 0 Å². The number of likely N-dealkylation sites (tertiary alicyclic amines) is 1. The molecular weight excluding hydrogens is 292 g/mol. The van der Waals surface area contributed by atoms with Gasteiger partial charge in [0.25, 0.3) is 21.8 Å². The van der Waals surface area contributed by atoms with Gasteiger partial charge in [0.2, 0.25) is 0 Å². The van der Waals surface area contributed by atoms with Crippen LogP contribution in [0.2, 0.25) is 0 Å². The van der Waals surface area contributed by atoms with Crippen molar-refractivity contribution in [1.82, 2.24) is 9.21 Å². The molecule has 0 bridgehead atoms. The lowest BCUT2D eigenvalue weighted by atomic mass is 10.1. The molecule has 1 saturated heterocycles. The van der Waals surface area contributed by atoms with Crippen LogP contribution in [0.3, 0.4) is 0 Å². The summed E-state index contributed by atoms with van der Waals surface area (Å²) in [5.74, 6) is -0.725. The summed E-state index contributed by atoms with van der Waals surface area (Å²) in [7, 11) is -2.58. The predicted octanol–water partition coefficient (Wildman–Crippen LogP) is 1.09. The van der Waals surface area contributed by atoms with Gasteiger partial charge in [-0.25, -0.2) is 12.7 Å². The van der Waals surface area contributed by atoms with Crippen molar-refractivity contribution in [3.05, 3.63) is 29.3 Å². The summed E-state index contributed by atoms with van der Waals surface area (Å²) in [5.41, 5.74) is 0.454. The van der Waals surface area contributed by atoms with Crippen LogP contribution in [-0.4, -0.2) is 49.6 Å². The van der Waals surface area contributed by atoms with Crippen LogP contribution in [0.15, 0.2) is 23.1 Å². The minimum Gasteiger partial charge on any atom is -0.339 e. The molecule has 7 heteroatoms. The quantitative estimate of drug-likeness (QED) is 0.778. The van der Waals surface area contributed by atoms with E-state index in [1.54, 1.807) is 4.90 Å². The summed E-state index contributed by atoms with van der Waals surface area (Å²) in [6.07, 6.45) is 3.05. The number of benzene rings is 1. The third kappa shape index (κ3) is 2.12. The molecule has 2 amide bonds. The number of hydrogen-bond acceptors (Lipinski definition) is 4. The van der Waals surface area contributed by atoms with Gasteiger partial charge in [-0.1, -0.05) is 0 Å². The third-order valence-electron chi connectivity index (χ3n) is 4.03. The molecule has 0 aliphatic carbocycles. The zero-order valence-corrected chi connectivity index (χ0v) is 12.5. The van der Waals surface area contributed by atoms with E-state index in [0.29, 0.717) is 23.0 Å². The first-order valence-electron chi connectivity index (χ1n) is 6.89. The lowest BCUT2D eigenvalue weighted by Gasteiger charge is -2.26. The second-order valence-electron chi connectivity index (χ2n) is 5.34. The number of sulfonamides is 1. The Bertz CT molecular complexity index is 720. The molecule has 3 rings (SSSR count). The highest BCUT2D eigenvalue weighted by atomic mass is 32.2. The van der Waals surface area contributed by atoms with E-state index < -0.39 is 15.9 Å². The summed E-state index contributed by atoms with van der Waals surface area (Å²) in [4.78, 5) is 25.9. The van der Waals surface area contributed by atoms with Crippen LogP contribution in [-0.2, 0) is 10.0 Å². The fourth-order valence-electron chi connectivity index (χ4n) is 2.75. The van der Waals surface area contributed by atoms with Crippen LogP contribution in [0.1, 0.15) is 40.0 Å². The molecule has 1 fully saturated rings. The van der Waals surface area contributed by atoms with Gasteiger partial charge in [0.1, 0.15) is 4.90 Å². The normalized spacial score (nSPS) is 20.5. The van der Waals surface area contributed by atoms with Crippen molar-refractivity contribution >= 4 is 21.8 Å². The lowest BCUT2D eigenvalue weighted by Crippen LogP contribution is -2.35. The molecule has 0 atom stereocenters. The Labute approximate surface area is 123 Å². The number of amides is 2. The molecule has 6 nitrogen and oxygen atoms in total. The summed E-state index contributed by atoms with van der Waals surface area (Å²) < 4.78 is 25.0. The van der Waals surface area contributed by atoms with E-state index in [2.05, 4.69) is 0 Å². The number of fused-ring (bicyclic) bond motifs is 1. The van der Waals surface area contributed by atoms with Crippen molar-refractivity contribution < 1.29 is 18.0 Å². The maximum atomic E-state index is 12.4. The predicted molar refractivity (Wildman–Crippen MR) is 75.5 cm³/mol. The molecule has 0 spiro atoms. The van der Waals surface area contributed by atoms with Crippen LogP contribution < -0.4 is 0 Å². The number of carbonyl (C=O) groups is 2. The Morgan fingerprint density at radius 3 is 2.48 bits per heavy atom. The highest BCUT2D eigenvalue weighted by Crippen LogP contribution is 2.30. The highest BCUT2D eigenvalue weighted by Gasteiger charge is 2.39. The second-order valence-corrected chi connectivity index (χ2v) is 7.28. The summed E-state index contributed by atoms with van der Waals surface area (Å²) in [6, 6.07) is 4.28. The molecule has 2 heterocycles. The topological polar surface area (TPSA) is 74.8 Å². The third-order valence-corrected chi connectivity index (χ3v) is 5.81. The summed E-state index contributed by atoms with van der Waals surface area (Å²) in [5, 5.41) is 0. The molecule has 21 heavy (non-hydrogen) atoms. The van der Waals surface area contributed by atoms with Gasteiger partial charge < -0.3 is 4.90 Å². The number of carbonyl (C=O) groups excluding carboxylic acids is 2. The summed E-state index contributed by atoms with van der Waals surface area (Å²) >= 11 is 0. The van der Waals surface area contributed by atoms with Gasteiger partial charge in [0.15, 0.2) is 0 Å². The van der Waals surface area contributed by atoms with Gasteiger partial charge in [0, 0.05) is 25.7 Å². The van der Waals surface area contributed by atoms with Crippen molar-refractivity contribution in [2.24, 2.45) is 0 Å². The zero-order valence-electron chi connectivity index (χ0n) is 11.7. The van der Waals surface area contributed by atoms with E-state index >= 15 is 0 Å². The van der Waals surface area contributed by atoms with Gasteiger partial charge >= 0.3 is 0 Å². The van der Waals surface area contributed by atoms with E-state index in [0.717, 1.165) is 19.3 Å². The van der Waals surface area contributed by atoms with E-state index in [1.165, 1.54) is 25.2 Å². The average Bonchev–Trinajstić information content (AvgIpc) is 2.68. The lowest BCUT2D eigenvalue weighted by molar-refractivity contribution is 0.0723. The van der Waals surface area contributed by atoms with Crippen molar-refractivity contribution in [1.29, 1.82) is 0 Å². The standard InChI is InChI=1S/C14H16N2O4S/c1-15-14(18)11-6-5-10(9-12(11)21(15,19)20)13(17)16-7-3-2-4-8-16/h5-6,9H,2-4,7-8H2,1H3. The highest BCUT2D eigenvalue weighted by molar-refractivity contribution is 7.90. The number of hydrogen-bond donors (Lipinski definition) is 0. The van der Waals surface area contributed by atoms with Crippen molar-refractivity contribution in [3.8, 4) is 0 Å². The Kier molecular flexibility index (Phi) is 3.24. The maximum Gasteiger partial charge on any atom is 0.268 e. The van der Waals surface area contributed by atoms with Gasteiger partial charge in [-0.05, 0) is 37.5 Å². The van der Waals surface area contributed by atoms with Crippen LogP contribution in [0, 0.1) is 0 Å². The van der Waals surface area contributed by atoms with Gasteiger partial charge in [0.05, 0.1) is 5.56 Å². The smallest absolute Gasteiger partial charge is 0.268 e. The average molecular weight is 308 g/mol. The molecule has 2 aliphatic heterocycles. The number of piperidine rings is 1. The molecule has 0 unspecified atom stereocenters. The van der Waals surface area contributed by atoms with Gasteiger partial charge in [-0.15, -0.1) is 0 Å². The molecule has 0 saturated carbocycles. The van der Waals surface area contributed by atoms with E-state index in [4.69, 9.17) is 0 Å². The fourth-order valence-corrected chi connectivity index (χ4v) is 4.07. The SMILES string of the molecule is CN1C(=O)c2ccc(C(=O)N3CCCCC3)cc2S1(=O)=O. The first kappa shape index (κ1) is 14.1. The maximum absolute atomic E-state index is 12.4. The van der Waals surface area contributed by atoms with Crippen LogP contribution in [0.4, 0.5) is 0 Å². The molecule has 1 aromatic rings. The number of nitrogens with zero attached hydrogens (tertiary/aromatic N) is 2. The first-order valence-corrected chi connectivity index (χ1v) is 8.33. The minimum atomic E-state index is -3.81. The van der Waals surface area contributed by atoms with E-state index in [9.17, 15) is 18.0 Å². The van der Waals surface area contributed by atoms with Crippen LogP contribution in [0.5, 0.6) is 0 Å². The van der Waals surface area contributed by atoms with Crippen molar-refractivity contribution in [2.75, 3.05) is 20.1 Å². The molecule has 2 aliphatic rings. The molecule has 1 aromatic carbocycles. The Morgan fingerprint density at radius 1 is 1.14 bits per heavy atom. The molecule has 0 N–H and O–H groups in total. The Morgan fingerprint density at radius 2 is 1.81 bits per heavy atom. The molecule has 0 aromatic heterocycles. The minimum absolute atomic E-state index is 0.0714. The van der Waals surface area contributed by atoms with E-state index in [-0.39, 0.29) is 16.4 Å².